The van der Waals surface area contributed by atoms with Gasteiger partial charge < -0.3 is 40.0 Å². The molecule has 7 N–H and O–H groups in total. The Morgan fingerprint density at radius 1 is 1.36 bits per heavy atom. The second-order valence-corrected chi connectivity index (χ2v) is 14.4. The van der Waals surface area contributed by atoms with E-state index < -0.39 is 73.5 Å². The molecule has 2 saturated heterocycles. The van der Waals surface area contributed by atoms with Crippen molar-refractivity contribution >= 4 is 53.1 Å². The molecule has 3 unspecified atom stereocenters. The Morgan fingerprint density at radius 2 is 2.07 bits per heavy atom. The topological polar surface area (TPSA) is 251 Å². The number of aliphatic hydroxyl groups excluding tert-OH is 1. The summed E-state index contributed by atoms with van der Waals surface area (Å²) in [6.45, 7) is 1.48. The van der Waals surface area contributed by atoms with Gasteiger partial charge in [-0.25, -0.2) is 14.9 Å². The van der Waals surface area contributed by atoms with E-state index in [0.29, 0.717) is 11.4 Å². The van der Waals surface area contributed by atoms with Crippen LogP contribution < -0.4 is 26.2 Å². The number of nitrogens with zero attached hydrogens (tertiary/aromatic N) is 4. The van der Waals surface area contributed by atoms with E-state index in [9.17, 15) is 29.2 Å². The van der Waals surface area contributed by atoms with Gasteiger partial charge in [0.2, 0.25) is 11.8 Å². The van der Waals surface area contributed by atoms with Gasteiger partial charge in [-0.15, -0.1) is 0 Å². The van der Waals surface area contributed by atoms with Gasteiger partial charge in [0.1, 0.15) is 29.9 Å². The van der Waals surface area contributed by atoms with Crippen LogP contribution in [0, 0.1) is 0 Å². The van der Waals surface area contributed by atoms with Crippen LogP contribution in [0.2, 0.25) is 0 Å². The molecule has 0 bridgehead atoms. The number of carbonyl (C=O) groups is 3. The first-order valence-electron chi connectivity index (χ1n) is 12.7. The number of amides is 3. The van der Waals surface area contributed by atoms with E-state index in [0.717, 1.165) is 0 Å². The van der Waals surface area contributed by atoms with Crippen molar-refractivity contribution in [2.24, 2.45) is 0 Å². The Bertz CT molecular complexity index is 1410. The van der Waals surface area contributed by atoms with Crippen molar-refractivity contribution < 1.29 is 47.9 Å². The summed E-state index contributed by atoms with van der Waals surface area (Å²) < 4.78 is 37.2. The molecular weight excluding hydrogens is 599 g/mol. The molecule has 7 atom stereocenters. The number of nitrogen functional groups attached to an aromatic ring is 1. The predicted molar refractivity (Wildman–Crippen MR) is 147 cm³/mol. The standard InChI is InChI=1S/C22H33N8O10PS/c1-9(2)39-18(33)10(3)29-41(36,42-7-11-16(32)27-21(34)25-11)38-6-12-14(31)22(4,35)19(40-12)30-8-24-13-15(30)26-20(23)28-17(13)37-5/h8-12,14,19,31,35H,6-7H2,1-5H3,(H,29,36)(H2,23,26,28)(H2,25,27,32,34)/t10-,11?,12?,14-,19?,22-,41+/m1/s1. The largest absolute Gasteiger partial charge is 0.479 e. The average molecular weight is 633 g/mol. The summed E-state index contributed by atoms with van der Waals surface area (Å²) in [7, 11) is 1.38. The lowest BCUT2D eigenvalue weighted by molar-refractivity contribution is -0.149. The molecule has 2 aromatic heterocycles. The van der Waals surface area contributed by atoms with E-state index in [-0.39, 0.29) is 28.7 Å². The predicted octanol–water partition coefficient (Wildman–Crippen LogP) is -0.578. The van der Waals surface area contributed by atoms with Crippen molar-refractivity contribution in [3.63, 3.8) is 0 Å². The van der Waals surface area contributed by atoms with Gasteiger partial charge in [0.05, 0.1) is 26.1 Å². The van der Waals surface area contributed by atoms with Crippen molar-refractivity contribution in [2.75, 3.05) is 25.2 Å². The fourth-order valence-corrected chi connectivity index (χ4v) is 8.12. The summed E-state index contributed by atoms with van der Waals surface area (Å²) in [6, 6.07) is -2.80. The molecule has 232 valence electrons. The maximum Gasteiger partial charge on any atom is 0.327 e. The number of aromatic nitrogens is 4. The summed E-state index contributed by atoms with van der Waals surface area (Å²) >= 11 is 0.661. The number of nitrogens with one attached hydrogen (secondary N) is 3. The van der Waals surface area contributed by atoms with Crippen LogP contribution in [0.3, 0.4) is 0 Å². The third-order valence-electron chi connectivity index (χ3n) is 6.34. The molecule has 2 aliphatic rings. The maximum absolute atomic E-state index is 13.9. The summed E-state index contributed by atoms with van der Waals surface area (Å²) in [5.41, 5.74) is 4.26. The molecule has 42 heavy (non-hydrogen) atoms. The molecule has 0 aromatic carbocycles. The van der Waals surface area contributed by atoms with Crippen molar-refractivity contribution in [1.82, 2.24) is 35.2 Å². The minimum Gasteiger partial charge on any atom is -0.479 e. The number of hydrogen-bond donors (Lipinski definition) is 6. The third kappa shape index (κ3) is 6.61. The van der Waals surface area contributed by atoms with Crippen molar-refractivity contribution in [3.8, 4) is 5.88 Å². The molecule has 18 nitrogen and oxygen atoms in total. The quantitative estimate of drug-likeness (QED) is 0.0972. The zero-order valence-corrected chi connectivity index (χ0v) is 25.0. The van der Waals surface area contributed by atoms with Crippen LogP contribution in [0.4, 0.5) is 10.7 Å². The number of ether oxygens (including phenoxy) is 3. The van der Waals surface area contributed by atoms with Crippen LogP contribution in [0.15, 0.2) is 6.33 Å². The van der Waals surface area contributed by atoms with Crippen LogP contribution in [0.25, 0.3) is 11.2 Å². The van der Waals surface area contributed by atoms with Gasteiger partial charge in [-0.2, -0.15) is 9.97 Å². The Labute approximate surface area is 243 Å². The number of anilines is 1. The summed E-state index contributed by atoms with van der Waals surface area (Å²) in [5, 5.41) is 29.3. The van der Waals surface area contributed by atoms with Gasteiger partial charge in [-0.3, -0.25) is 24.0 Å². The number of esters is 1. The number of urea groups is 1. The van der Waals surface area contributed by atoms with E-state index in [1.54, 1.807) is 13.8 Å². The minimum absolute atomic E-state index is 0.0932. The van der Waals surface area contributed by atoms with E-state index in [1.165, 1.54) is 31.9 Å². The summed E-state index contributed by atoms with van der Waals surface area (Å²) in [6.07, 6.45) is -3.16. The SMILES string of the molecule is COc1nc(N)nc2c1ncn2C1OC(CO[P@@](=O)(N[C@H](C)C(=O)OC(C)C)SCC2NC(=O)NC2=O)[C@@H](O)[C@@]1(C)O. The Kier molecular flexibility index (Phi) is 9.31. The molecule has 3 amide bonds. The van der Waals surface area contributed by atoms with Gasteiger partial charge in [-0.1, -0.05) is 11.4 Å². The molecule has 0 aliphatic carbocycles. The van der Waals surface area contributed by atoms with Gasteiger partial charge in [0, 0.05) is 5.75 Å². The fraction of sp³-hybridized carbons (Fsp3) is 0.636. The monoisotopic (exact) mass is 632 g/mol. The number of carbonyl (C=O) groups excluding carboxylic acids is 3. The maximum atomic E-state index is 13.9. The van der Waals surface area contributed by atoms with Crippen LogP contribution >= 0.6 is 18.1 Å². The average Bonchev–Trinajstić information content (AvgIpc) is 3.53. The number of aliphatic hydroxyl groups is 2. The molecule has 4 heterocycles. The summed E-state index contributed by atoms with van der Waals surface area (Å²) in [4.78, 5) is 48.2. The Morgan fingerprint density at radius 3 is 2.69 bits per heavy atom. The summed E-state index contributed by atoms with van der Waals surface area (Å²) in [5.74, 6) is -1.53. The van der Waals surface area contributed by atoms with Gasteiger partial charge in [0.25, 0.3) is 5.91 Å². The second kappa shape index (κ2) is 12.3. The van der Waals surface area contributed by atoms with E-state index >= 15 is 0 Å². The number of hydrogen-bond acceptors (Lipinski definition) is 15. The van der Waals surface area contributed by atoms with Crippen molar-refractivity contribution in [1.29, 1.82) is 0 Å². The smallest absolute Gasteiger partial charge is 0.327 e. The molecular formula is C22H33N8O10PS. The molecule has 0 radical (unpaired) electrons. The lowest BCUT2D eigenvalue weighted by atomic mass is 9.96. The molecule has 2 aliphatic heterocycles. The van der Waals surface area contributed by atoms with Crippen molar-refractivity contribution in [3.05, 3.63) is 6.33 Å². The van der Waals surface area contributed by atoms with Crippen LogP contribution in [-0.4, -0.2) is 103 Å². The fourth-order valence-electron chi connectivity index (χ4n) is 4.25. The zero-order chi connectivity index (χ0) is 31.0. The highest BCUT2D eigenvalue weighted by Crippen LogP contribution is 2.57. The lowest BCUT2D eigenvalue weighted by Crippen LogP contribution is -2.44. The Balaban J connectivity index is 1.53. The van der Waals surface area contributed by atoms with Gasteiger partial charge in [-0.05, 0) is 27.7 Å². The lowest BCUT2D eigenvalue weighted by Gasteiger charge is -2.27. The van der Waals surface area contributed by atoms with E-state index in [2.05, 4.69) is 30.7 Å². The van der Waals surface area contributed by atoms with Crippen LogP contribution in [0.1, 0.15) is 33.9 Å². The first kappa shape index (κ1) is 31.9. The first-order valence-corrected chi connectivity index (χ1v) is 16.0. The molecule has 0 saturated carbocycles. The highest BCUT2D eigenvalue weighted by atomic mass is 32.7. The molecule has 0 spiro atoms. The number of imidazole rings is 1. The number of imide groups is 1. The minimum atomic E-state index is -4.04. The zero-order valence-electron chi connectivity index (χ0n) is 23.3. The van der Waals surface area contributed by atoms with E-state index in [4.69, 9.17) is 24.5 Å². The number of fused-ring (bicyclic) bond motifs is 1. The van der Waals surface area contributed by atoms with Crippen LogP contribution in [0.5, 0.6) is 5.88 Å². The molecule has 2 fully saturated rings. The second-order valence-electron chi connectivity index (χ2n) is 10.1. The number of rotatable bonds is 12. The molecule has 2 aromatic rings. The highest BCUT2D eigenvalue weighted by Gasteiger charge is 2.54. The van der Waals surface area contributed by atoms with Crippen molar-refractivity contribution in [2.45, 2.75) is 69.9 Å². The molecule has 20 heteroatoms. The number of methoxy groups -OCH3 is 1. The van der Waals surface area contributed by atoms with Gasteiger partial charge in [0.15, 0.2) is 17.4 Å². The van der Waals surface area contributed by atoms with Gasteiger partial charge >= 0.3 is 18.7 Å². The normalized spacial score (nSPS) is 28.0. The highest BCUT2D eigenvalue weighted by molar-refractivity contribution is 8.56. The van der Waals surface area contributed by atoms with Crippen LogP contribution in [-0.2, 0) is 28.2 Å². The first-order chi connectivity index (χ1) is 19.6. The van der Waals surface area contributed by atoms with E-state index in [1.807, 2.05) is 0 Å². The Hall–Kier alpha value is -3.06. The third-order valence-corrected chi connectivity index (χ3v) is 10.5. The number of nitrogens with two attached hydrogens (primary N) is 1. The molecule has 4 rings (SSSR count).